The van der Waals surface area contributed by atoms with Gasteiger partial charge in [-0.25, -0.2) is 15.3 Å². The highest BCUT2D eigenvalue weighted by molar-refractivity contribution is 5.88. The third-order valence-corrected chi connectivity index (χ3v) is 2.92. The number of hydrogen-bond donors (Lipinski definition) is 3. The van der Waals surface area contributed by atoms with E-state index in [1.165, 1.54) is 30.5 Å². The largest absolute Gasteiger partial charge is 0.545 e. The van der Waals surface area contributed by atoms with Gasteiger partial charge in [-0.3, -0.25) is 14.6 Å². The normalized spacial score (nSPS) is 10.7. The zero-order valence-electron chi connectivity index (χ0n) is 12.2. The Morgan fingerprint density at radius 3 is 2.58 bits per heavy atom. The Kier molecular flexibility index (Phi) is 5.34. The maximum Gasteiger partial charge on any atom is 0.342 e. The molecule has 0 saturated heterocycles. The Labute approximate surface area is 134 Å². The summed E-state index contributed by atoms with van der Waals surface area (Å²) < 4.78 is 0. The topological polar surface area (TPSA) is 160 Å². The van der Waals surface area contributed by atoms with Crippen molar-refractivity contribution in [1.82, 2.24) is 20.6 Å². The summed E-state index contributed by atoms with van der Waals surface area (Å²) in [5, 5.41) is 19.9. The highest BCUT2D eigenvalue weighted by Crippen LogP contribution is 2.01. The number of nitrogens with one attached hydrogen (secondary N) is 3. The predicted molar refractivity (Wildman–Crippen MR) is 80.3 cm³/mol. The number of aromatic carboxylic acids is 1. The van der Waals surface area contributed by atoms with Crippen LogP contribution in [-0.2, 0) is 11.2 Å². The second-order valence-corrected chi connectivity index (χ2v) is 4.66. The molecular formula is C14H12N5O5-. The maximum absolute atomic E-state index is 11.6. The van der Waals surface area contributed by atoms with Crippen molar-refractivity contribution in [2.24, 2.45) is 5.10 Å². The van der Waals surface area contributed by atoms with Crippen molar-refractivity contribution >= 4 is 18.1 Å². The zero-order chi connectivity index (χ0) is 17.5. The second kappa shape index (κ2) is 7.63. The van der Waals surface area contributed by atoms with Crippen LogP contribution >= 0.6 is 0 Å². The van der Waals surface area contributed by atoms with Crippen LogP contribution in [0.3, 0.4) is 0 Å². The van der Waals surface area contributed by atoms with Crippen molar-refractivity contribution < 1.29 is 14.7 Å². The zero-order valence-corrected chi connectivity index (χ0v) is 12.2. The van der Waals surface area contributed by atoms with E-state index >= 15 is 0 Å². The van der Waals surface area contributed by atoms with Crippen LogP contribution in [0.4, 0.5) is 0 Å². The molecule has 0 atom stereocenters. The molecule has 0 spiro atoms. The van der Waals surface area contributed by atoms with E-state index in [0.717, 1.165) is 0 Å². The molecule has 0 unspecified atom stereocenters. The molecule has 2 aromatic rings. The third kappa shape index (κ3) is 4.73. The first-order chi connectivity index (χ1) is 11.5. The number of benzene rings is 1. The van der Waals surface area contributed by atoms with Crippen LogP contribution in [0.5, 0.6) is 0 Å². The van der Waals surface area contributed by atoms with E-state index in [0.29, 0.717) is 5.56 Å². The van der Waals surface area contributed by atoms with Crippen molar-refractivity contribution in [1.29, 1.82) is 0 Å². The van der Waals surface area contributed by atoms with Gasteiger partial charge < -0.3 is 9.90 Å². The summed E-state index contributed by atoms with van der Waals surface area (Å²) in [4.78, 5) is 46.4. The molecule has 0 aliphatic heterocycles. The second-order valence-electron chi connectivity index (χ2n) is 4.66. The van der Waals surface area contributed by atoms with E-state index in [1.54, 1.807) is 0 Å². The molecule has 1 aromatic heterocycles. The van der Waals surface area contributed by atoms with Crippen molar-refractivity contribution in [2.75, 3.05) is 0 Å². The van der Waals surface area contributed by atoms with Gasteiger partial charge in [-0.05, 0) is 11.1 Å². The van der Waals surface area contributed by atoms with Crippen LogP contribution in [0.15, 0.2) is 39.0 Å². The van der Waals surface area contributed by atoms with Gasteiger partial charge in [0.15, 0.2) is 0 Å². The number of carbonyl (C=O) groups is 2. The molecule has 0 aliphatic rings. The van der Waals surface area contributed by atoms with E-state index in [4.69, 9.17) is 0 Å². The number of aromatic amines is 2. The van der Waals surface area contributed by atoms with Gasteiger partial charge in [0, 0.05) is 12.8 Å². The first-order valence-electron chi connectivity index (χ1n) is 6.77. The minimum absolute atomic E-state index is 0.0339. The Morgan fingerprint density at radius 2 is 1.96 bits per heavy atom. The van der Waals surface area contributed by atoms with Crippen LogP contribution in [0.25, 0.3) is 0 Å². The molecule has 124 valence electrons. The molecule has 10 nitrogen and oxygen atoms in total. The number of H-pyrrole nitrogens is 2. The molecule has 0 aliphatic carbocycles. The number of hydrogen-bond acceptors (Lipinski definition) is 7. The van der Waals surface area contributed by atoms with Gasteiger partial charge in [0.25, 0.3) is 5.56 Å². The van der Waals surface area contributed by atoms with Crippen molar-refractivity contribution in [3.8, 4) is 0 Å². The standard InChI is InChI=1S/C14H13N5O5/c20-11(6-5-10-12(21)16-14(24)19-17-10)18-15-7-8-1-3-9(4-2-8)13(22)23/h1-4,7H,5-6H2,(H,18,20)(H,22,23)(H2,16,19,21,24)/p-1/b15-7-. The van der Waals surface area contributed by atoms with Gasteiger partial charge in [-0.1, -0.05) is 24.3 Å². The molecule has 2 rings (SSSR count). The third-order valence-electron chi connectivity index (χ3n) is 2.92. The first kappa shape index (κ1) is 16.8. The van der Waals surface area contributed by atoms with Crippen molar-refractivity contribution in [3.05, 3.63) is 61.9 Å². The molecule has 1 aromatic carbocycles. The monoisotopic (exact) mass is 330 g/mol. The Hall–Kier alpha value is -3.56. The van der Waals surface area contributed by atoms with Crippen LogP contribution in [0, 0.1) is 0 Å². The average molecular weight is 330 g/mol. The molecule has 10 heteroatoms. The molecule has 0 radical (unpaired) electrons. The van der Waals surface area contributed by atoms with Crippen LogP contribution < -0.4 is 21.8 Å². The minimum atomic E-state index is -1.28. The van der Waals surface area contributed by atoms with Gasteiger partial charge >= 0.3 is 5.69 Å². The number of amides is 1. The Balaban J connectivity index is 1.85. The molecule has 1 amide bonds. The SMILES string of the molecule is O=C(CCc1n[nH]c(=O)[nH]c1=O)N/N=C\c1ccc(C(=O)[O-])cc1. The quantitative estimate of drug-likeness (QED) is 0.406. The summed E-state index contributed by atoms with van der Waals surface area (Å²) in [6, 6.07) is 5.72. The molecule has 0 fully saturated rings. The van der Waals surface area contributed by atoms with Crippen LogP contribution in [0.1, 0.15) is 28.0 Å². The number of nitrogens with zero attached hydrogens (tertiary/aromatic N) is 2. The molecular weight excluding hydrogens is 318 g/mol. The first-order valence-corrected chi connectivity index (χ1v) is 6.77. The van der Waals surface area contributed by atoms with Gasteiger partial charge in [0.1, 0.15) is 5.69 Å². The fraction of sp³-hybridized carbons (Fsp3) is 0.143. The molecule has 1 heterocycles. The predicted octanol–water partition coefficient (Wildman–Crippen LogP) is -2.10. The van der Waals surface area contributed by atoms with E-state index < -0.39 is 23.1 Å². The van der Waals surface area contributed by atoms with Crippen molar-refractivity contribution in [3.63, 3.8) is 0 Å². The lowest BCUT2D eigenvalue weighted by atomic mass is 10.1. The van der Waals surface area contributed by atoms with Crippen molar-refractivity contribution in [2.45, 2.75) is 12.8 Å². The van der Waals surface area contributed by atoms with Gasteiger partial charge in [0.05, 0.1) is 12.2 Å². The molecule has 3 N–H and O–H groups in total. The lowest BCUT2D eigenvalue weighted by Crippen LogP contribution is -2.28. The van der Waals surface area contributed by atoms with E-state index in [2.05, 4.69) is 20.7 Å². The van der Waals surface area contributed by atoms with E-state index in [-0.39, 0.29) is 24.1 Å². The fourth-order valence-corrected chi connectivity index (χ4v) is 1.71. The number of carboxylic acid groups (broad SMARTS) is 1. The summed E-state index contributed by atoms with van der Waals surface area (Å²) in [6.07, 6.45) is 1.32. The Morgan fingerprint density at radius 1 is 1.25 bits per heavy atom. The summed E-state index contributed by atoms with van der Waals surface area (Å²) in [6.45, 7) is 0. The van der Waals surface area contributed by atoms with Gasteiger partial charge in [-0.2, -0.15) is 10.2 Å². The number of carbonyl (C=O) groups excluding carboxylic acids is 2. The summed E-state index contributed by atoms with van der Waals surface area (Å²) in [5.41, 5.74) is 1.54. The van der Waals surface area contributed by atoms with Crippen LogP contribution in [-0.4, -0.2) is 33.3 Å². The highest BCUT2D eigenvalue weighted by Gasteiger charge is 2.06. The smallest absolute Gasteiger partial charge is 0.342 e. The van der Waals surface area contributed by atoms with E-state index in [1.807, 2.05) is 4.98 Å². The highest BCUT2D eigenvalue weighted by atomic mass is 16.4. The number of rotatable bonds is 6. The number of aromatic nitrogens is 3. The van der Waals surface area contributed by atoms with E-state index in [9.17, 15) is 24.3 Å². The number of hydrazone groups is 1. The molecule has 0 bridgehead atoms. The lowest BCUT2D eigenvalue weighted by molar-refractivity contribution is -0.255. The maximum atomic E-state index is 11.6. The molecule has 0 saturated carbocycles. The number of carboxylic acids is 1. The fourth-order valence-electron chi connectivity index (χ4n) is 1.71. The molecule has 24 heavy (non-hydrogen) atoms. The summed E-state index contributed by atoms with van der Waals surface area (Å²) >= 11 is 0. The Bertz CT molecular complexity index is 881. The van der Waals surface area contributed by atoms with Gasteiger partial charge in [-0.15, -0.1) is 0 Å². The minimum Gasteiger partial charge on any atom is -0.545 e. The average Bonchev–Trinajstić information content (AvgIpc) is 2.54. The summed E-state index contributed by atoms with van der Waals surface area (Å²) in [7, 11) is 0. The summed E-state index contributed by atoms with van der Waals surface area (Å²) in [5.74, 6) is -1.73. The van der Waals surface area contributed by atoms with Crippen LogP contribution in [0.2, 0.25) is 0 Å². The lowest BCUT2D eigenvalue weighted by Gasteiger charge is -2.02. The number of aryl methyl sites for hydroxylation is 1. The van der Waals surface area contributed by atoms with Gasteiger partial charge in [0.2, 0.25) is 5.91 Å².